The lowest BCUT2D eigenvalue weighted by Gasteiger charge is -2.22. The first-order chi connectivity index (χ1) is 14.7. The average molecular weight is 418 g/mol. The SMILES string of the molecule is O=C(c1nccc2ccccc12)N1CCCC1c1ncc(Cc2cccc(Cl)c2)o1. The summed E-state index contributed by atoms with van der Waals surface area (Å²) in [6.45, 7) is 0.667. The second kappa shape index (κ2) is 7.92. The summed E-state index contributed by atoms with van der Waals surface area (Å²) in [5.74, 6) is 1.26. The zero-order valence-corrected chi connectivity index (χ0v) is 17.0. The van der Waals surface area contributed by atoms with E-state index < -0.39 is 0 Å². The van der Waals surface area contributed by atoms with Gasteiger partial charge < -0.3 is 9.32 Å². The molecule has 5 rings (SSSR count). The number of pyridine rings is 1. The lowest BCUT2D eigenvalue weighted by atomic mass is 10.1. The van der Waals surface area contributed by atoms with E-state index in [-0.39, 0.29) is 11.9 Å². The Kier molecular flexibility index (Phi) is 4.97. The molecule has 0 aliphatic carbocycles. The first-order valence-electron chi connectivity index (χ1n) is 10.0. The van der Waals surface area contributed by atoms with Gasteiger partial charge in [-0.15, -0.1) is 0 Å². The number of rotatable bonds is 4. The standard InChI is InChI=1S/C24H20ClN3O2/c25-18-7-3-5-16(13-18)14-19-15-27-23(30-19)21-9-4-12-28(21)24(29)22-20-8-2-1-6-17(20)10-11-26-22/h1-3,5-8,10-11,13,15,21H,4,9,12,14H2. The summed E-state index contributed by atoms with van der Waals surface area (Å²) < 4.78 is 6.05. The number of hydrogen-bond donors (Lipinski definition) is 0. The summed E-state index contributed by atoms with van der Waals surface area (Å²) in [6.07, 6.45) is 5.78. The highest BCUT2D eigenvalue weighted by Crippen LogP contribution is 2.34. The third kappa shape index (κ3) is 3.57. The third-order valence-corrected chi connectivity index (χ3v) is 5.75. The number of likely N-dealkylation sites (tertiary alicyclic amines) is 1. The van der Waals surface area contributed by atoms with Crippen LogP contribution in [0.1, 0.15) is 46.6 Å². The van der Waals surface area contributed by atoms with E-state index in [1.807, 2.05) is 59.5 Å². The molecule has 1 unspecified atom stereocenters. The molecule has 150 valence electrons. The van der Waals surface area contributed by atoms with Gasteiger partial charge in [0.1, 0.15) is 17.5 Å². The van der Waals surface area contributed by atoms with Gasteiger partial charge in [-0.25, -0.2) is 4.98 Å². The number of hydrogen-bond acceptors (Lipinski definition) is 4. The van der Waals surface area contributed by atoms with Gasteiger partial charge in [0.05, 0.1) is 6.20 Å². The highest BCUT2D eigenvalue weighted by atomic mass is 35.5. The Morgan fingerprint density at radius 1 is 1.13 bits per heavy atom. The van der Waals surface area contributed by atoms with Crippen molar-refractivity contribution in [3.05, 3.63) is 94.9 Å². The van der Waals surface area contributed by atoms with Crippen LogP contribution in [0, 0.1) is 0 Å². The molecule has 1 fully saturated rings. The lowest BCUT2D eigenvalue weighted by Crippen LogP contribution is -2.31. The van der Waals surface area contributed by atoms with E-state index in [1.165, 1.54) is 0 Å². The molecule has 0 spiro atoms. The van der Waals surface area contributed by atoms with E-state index in [0.29, 0.717) is 29.6 Å². The molecular formula is C24H20ClN3O2. The predicted octanol–water partition coefficient (Wildman–Crippen LogP) is 5.44. The molecule has 2 aromatic carbocycles. The molecule has 30 heavy (non-hydrogen) atoms. The van der Waals surface area contributed by atoms with E-state index >= 15 is 0 Å². The van der Waals surface area contributed by atoms with Gasteiger partial charge in [0.15, 0.2) is 0 Å². The Labute approximate surface area is 179 Å². The van der Waals surface area contributed by atoms with Crippen molar-refractivity contribution in [2.75, 3.05) is 6.54 Å². The number of halogens is 1. The van der Waals surface area contributed by atoms with Crippen molar-refractivity contribution in [1.29, 1.82) is 0 Å². The molecule has 0 bridgehead atoms. The van der Waals surface area contributed by atoms with Gasteiger partial charge in [0.2, 0.25) is 5.89 Å². The zero-order valence-electron chi connectivity index (χ0n) is 16.3. The molecule has 1 aliphatic rings. The van der Waals surface area contributed by atoms with Crippen LogP contribution in [0.2, 0.25) is 5.02 Å². The second-order valence-electron chi connectivity index (χ2n) is 7.51. The summed E-state index contributed by atoms with van der Waals surface area (Å²) in [6, 6.07) is 17.3. The van der Waals surface area contributed by atoms with Crippen LogP contribution >= 0.6 is 11.6 Å². The number of fused-ring (bicyclic) bond motifs is 1. The fourth-order valence-electron chi connectivity index (χ4n) is 4.10. The van der Waals surface area contributed by atoms with E-state index in [2.05, 4.69) is 9.97 Å². The number of oxazole rings is 1. The minimum atomic E-state index is -0.175. The van der Waals surface area contributed by atoms with Crippen LogP contribution in [0.15, 0.2) is 71.4 Å². The van der Waals surface area contributed by atoms with Crippen molar-refractivity contribution in [3.63, 3.8) is 0 Å². The maximum Gasteiger partial charge on any atom is 0.273 e. The predicted molar refractivity (Wildman–Crippen MR) is 116 cm³/mol. The Balaban J connectivity index is 1.40. The summed E-state index contributed by atoms with van der Waals surface area (Å²) in [7, 11) is 0. The first-order valence-corrected chi connectivity index (χ1v) is 10.4. The number of carbonyl (C=O) groups is 1. The normalized spacial score (nSPS) is 16.3. The van der Waals surface area contributed by atoms with Crippen LogP contribution in [-0.4, -0.2) is 27.3 Å². The van der Waals surface area contributed by atoms with E-state index in [0.717, 1.165) is 34.9 Å². The molecule has 2 aromatic heterocycles. The van der Waals surface area contributed by atoms with Gasteiger partial charge in [-0.2, -0.15) is 0 Å². The summed E-state index contributed by atoms with van der Waals surface area (Å²) in [4.78, 5) is 24.1. The maximum atomic E-state index is 13.4. The maximum absolute atomic E-state index is 13.4. The first kappa shape index (κ1) is 18.8. The van der Waals surface area contributed by atoms with Gasteiger partial charge in [-0.05, 0) is 42.0 Å². The Hall–Kier alpha value is -3.18. The fourth-order valence-corrected chi connectivity index (χ4v) is 4.31. The van der Waals surface area contributed by atoms with Gasteiger partial charge in [0.25, 0.3) is 5.91 Å². The highest BCUT2D eigenvalue weighted by molar-refractivity contribution is 6.30. The smallest absolute Gasteiger partial charge is 0.273 e. The third-order valence-electron chi connectivity index (χ3n) is 5.51. The summed E-state index contributed by atoms with van der Waals surface area (Å²) >= 11 is 6.08. The number of aromatic nitrogens is 2. The summed E-state index contributed by atoms with van der Waals surface area (Å²) in [5.41, 5.74) is 1.54. The van der Waals surface area contributed by atoms with E-state index in [4.69, 9.17) is 16.0 Å². The van der Waals surface area contributed by atoms with Crippen molar-refractivity contribution < 1.29 is 9.21 Å². The largest absolute Gasteiger partial charge is 0.443 e. The molecule has 4 aromatic rings. The van der Waals surface area contributed by atoms with Crippen molar-refractivity contribution in [2.45, 2.75) is 25.3 Å². The molecule has 3 heterocycles. The number of benzene rings is 2. The van der Waals surface area contributed by atoms with Crippen LogP contribution in [0.3, 0.4) is 0 Å². The zero-order chi connectivity index (χ0) is 20.5. The average Bonchev–Trinajstić information content (AvgIpc) is 3.42. The topological polar surface area (TPSA) is 59.2 Å². The molecule has 6 heteroatoms. The van der Waals surface area contributed by atoms with Gasteiger partial charge >= 0.3 is 0 Å². The van der Waals surface area contributed by atoms with E-state index in [1.54, 1.807) is 12.4 Å². The lowest BCUT2D eigenvalue weighted by molar-refractivity contribution is 0.0711. The van der Waals surface area contributed by atoms with Gasteiger partial charge in [-0.3, -0.25) is 9.78 Å². The minimum Gasteiger partial charge on any atom is -0.443 e. The molecule has 5 nitrogen and oxygen atoms in total. The van der Waals surface area contributed by atoms with Crippen LogP contribution in [0.4, 0.5) is 0 Å². The molecule has 0 radical (unpaired) electrons. The molecule has 0 saturated carbocycles. The minimum absolute atomic E-state index is 0.0797. The van der Waals surface area contributed by atoms with Crippen molar-refractivity contribution in [3.8, 4) is 0 Å². The van der Waals surface area contributed by atoms with Crippen molar-refractivity contribution in [2.24, 2.45) is 0 Å². The number of amides is 1. The molecule has 1 atom stereocenters. The number of nitrogens with zero attached hydrogens (tertiary/aromatic N) is 3. The Morgan fingerprint density at radius 2 is 2.03 bits per heavy atom. The van der Waals surface area contributed by atoms with Crippen molar-refractivity contribution in [1.82, 2.24) is 14.9 Å². The molecule has 0 N–H and O–H groups in total. The van der Waals surface area contributed by atoms with Crippen LogP contribution in [0.25, 0.3) is 10.8 Å². The molecule has 1 amide bonds. The molecule has 1 aliphatic heterocycles. The molecule has 1 saturated heterocycles. The van der Waals surface area contributed by atoms with Crippen LogP contribution < -0.4 is 0 Å². The second-order valence-corrected chi connectivity index (χ2v) is 7.95. The molecular weight excluding hydrogens is 398 g/mol. The van der Waals surface area contributed by atoms with Crippen LogP contribution in [-0.2, 0) is 6.42 Å². The Bertz CT molecular complexity index is 1210. The number of carbonyl (C=O) groups excluding carboxylic acids is 1. The van der Waals surface area contributed by atoms with Crippen molar-refractivity contribution >= 4 is 28.3 Å². The van der Waals surface area contributed by atoms with Gasteiger partial charge in [0, 0.05) is 29.6 Å². The van der Waals surface area contributed by atoms with Crippen LogP contribution in [0.5, 0.6) is 0 Å². The Morgan fingerprint density at radius 3 is 2.93 bits per heavy atom. The quantitative estimate of drug-likeness (QED) is 0.443. The fraction of sp³-hybridized carbons (Fsp3) is 0.208. The van der Waals surface area contributed by atoms with E-state index in [9.17, 15) is 4.79 Å². The highest BCUT2D eigenvalue weighted by Gasteiger charge is 2.35. The van der Waals surface area contributed by atoms with Gasteiger partial charge in [-0.1, -0.05) is 48.0 Å². The summed E-state index contributed by atoms with van der Waals surface area (Å²) in [5, 5.41) is 2.57. The monoisotopic (exact) mass is 417 g/mol.